The Hall–Kier alpha value is -1.79. The molecule has 3 rings (SSSR count). The number of imidazole rings is 1. The van der Waals surface area contributed by atoms with Crippen molar-refractivity contribution in [1.29, 1.82) is 0 Å². The fourth-order valence-corrected chi connectivity index (χ4v) is 3.07. The molecule has 1 aromatic heterocycles. The van der Waals surface area contributed by atoms with Crippen LogP contribution in [-0.4, -0.2) is 34.1 Å². The molecule has 1 atom stereocenters. The second-order valence-corrected chi connectivity index (χ2v) is 5.81. The van der Waals surface area contributed by atoms with Gasteiger partial charge in [-0.2, -0.15) is 8.78 Å². The predicted molar refractivity (Wildman–Crippen MR) is 85.3 cm³/mol. The number of hydrogen-bond acceptors (Lipinski definition) is 3. The second kappa shape index (κ2) is 7.19. The standard InChI is InChI=1S/C17H22F2N4/c1-2-13-3-5-14(6-4-13)15-11-20-7-9-22(15)12-16-21-8-10-23(16)17(18)19/h3-6,8,10,15,17,20H,2,7,9,11-12H2,1H3. The van der Waals surface area contributed by atoms with Crippen LogP contribution in [0.4, 0.5) is 8.78 Å². The summed E-state index contributed by atoms with van der Waals surface area (Å²) in [6, 6.07) is 8.74. The number of halogens is 2. The summed E-state index contributed by atoms with van der Waals surface area (Å²) in [6.45, 7) is 2.51. The Morgan fingerprint density at radius 3 is 2.78 bits per heavy atom. The molecule has 0 aliphatic carbocycles. The second-order valence-electron chi connectivity index (χ2n) is 5.81. The summed E-state index contributed by atoms with van der Waals surface area (Å²) in [5.74, 6) is 0.414. The molecule has 1 aromatic carbocycles. The highest BCUT2D eigenvalue weighted by Crippen LogP contribution is 2.25. The number of benzene rings is 1. The first-order chi connectivity index (χ1) is 11.2. The average molecular weight is 320 g/mol. The van der Waals surface area contributed by atoms with Gasteiger partial charge in [-0.3, -0.25) is 9.47 Å². The van der Waals surface area contributed by atoms with E-state index in [1.807, 2.05) is 0 Å². The van der Waals surface area contributed by atoms with Gasteiger partial charge in [-0.15, -0.1) is 0 Å². The lowest BCUT2D eigenvalue weighted by Gasteiger charge is -2.36. The zero-order valence-electron chi connectivity index (χ0n) is 13.3. The largest absolute Gasteiger partial charge is 0.319 e. The van der Waals surface area contributed by atoms with Crippen molar-refractivity contribution >= 4 is 0 Å². The van der Waals surface area contributed by atoms with E-state index < -0.39 is 6.55 Å². The Morgan fingerprint density at radius 1 is 1.30 bits per heavy atom. The van der Waals surface area contributed by atoms with E-state index >= 15 is 0 Å². The Bertz CT molecular complexity index is 624. The molecule has 0 radical (unpaired) electrons. The van der Waals surface area contributed by atoms with Gasteiger partial charge in [0.05, 0.1) is 6.54 Å². The number of rotatable bonds is 5. The molecule has 1 saturated heterocycles. The summed E-state index contributed by atoms with van der Waals surface area (Å²) in [5.41, 5.74) is 2.52. The highest BCUT2D eigenvalue weighted by molar-refractivity contribution is 5.26. The van der Waals surface area contributed by atoms with E-state index in [1.54, 1.807) is 0 Å². The van der Waals surface area contributed by atoms with Gasteiger partial charge in [0, 0.05) is 38.1 Å². The van der Waals surface area contributed by atoms with Gasteiger partial charge in [-0.05, 0) is 17.5 Å². The Kier molecular flexibility index (Phi) is 5.03. The predicted octanol–water partition coefficient (Wildman–Crippen LogP) is 2.99. The van der Waals surface area contributed by atoms with Crippen LogP contribution in [0.1, 0.15) is 36.5 Å². The fourth-order valence-electron chi connectivity index (χ4n) is 3.07. The Balaban J connectivity index is 1.79. The van der Waals surface area contributed by atoms with Gasteiger partial charge in [0.1, 0.15) is 5.82 Å². The number of aryl methyl sites for hydroxylation is 1. The molecule has 4 nitrogen and oxygen atoms in total. The van der Waals surface area contributed by atoms with E-state index in [4.69, 9.17) is 0 Å². The number of nitrogens with one attached hydrogen (secondary N) is 1. The SMILES string of the molecule is CCc1ccc(C2CNCCN2Cc2nccn2C(F)F)cc1. The lowest BCUT2D eigenvalue weighted by atomic mass is 10.0. The van der Waals surface area contributed by atoms with Gasteiger partial charge >= 0.3 is 6.55 Å². The quantitative estimate of drug-likeness (QED) is 0.919. The molecule has 0 spiro atoms. The summed E-state index contributed by atoms with van der Waals surface area (Å²) < 4.78 is 27.0. The Labute approximate surface area is 135 Å². The molecule has 2 aromatic rings. The van der Waals surface area contributed by atoms with Crippen molar-refractivity contribution in [2.24, 2.45) is 0 Å². The van der Waals surface area contributed by atoms with Crippen LogP contribution in [-0.2, 0) is 13.0 Å². The minimum Gasteiger partial charge on any atom is -0.314 e. The minimum atomic E-state index is -2.54. The lowest BCUT2D eigenvalue weighted by Crippen LogP contribution is -2.45. The molecule has 1 aliphatic heterocycles. The summed E-state index contributed by atoms with van der Waals surface area (Å²) >= 11 is 0. The van der Waals surface area contributed by atoms with E-state index in [0.717, 1.165) is 30.6 Å². The van der Waals surface area contributed by atoms with Crippen LogP contribution >= 0.6 is 0 Å². The normalized spacial score (nSPS) is 19.4. The smallest absolute Gasteiger partial charge is 0.314 e. The summed E-state index contributed by atoms with van der Waals surface area (Å²) in [7, 11) is 0. The molecule has 124 valence electrons. The molecule has 0 amide bonds. The van der Waals surface area contributed by atoms with E-state index in [9.17, 15) is 8.78 Å². The van der Waals surface area contributed by atoms with Gasteiger partial charge in [-0.1, -0.05) is 31.2 Å². The summed E-state index contributed by atoms with van der Waals surface area (Å²) in [5, 5.41) is 3.39. The van der Waals surface area contributed by atoms with Crippen molar-refractivity contribution in [2.45, 2.75) is 32.5 Å². The molecule has 1 fully saturated rings. The van der Waals surface area contributed by atoms with E-state index in [-0.39, 0.29) is 6.04 Å². The minimum absolute atomic E-state index is 0.178. The molecule has 1 unspecified atom stereocenters. The number of alkyl halides is 2. The van der Waals surface area contributed by atoms with Crippen LogP contribution in [0, 0.1) is 0 Å². The van der Waals surface area contributed by atoms with Gasteiger partial charge in [-0.25, -0.2) is 4.98 Å². The van der Waals surface area contributed by atoms with Crippen LogP contribution in [0.2, 0.25) is 0 Å². The van der Waals surface area contributed by atoms with Crippen LogP contribution in [0.25, 0.3) is 0 Å². The average Bonchev–Trinajstić information content (AvgIpc) is 3.04. The molecule has 0 saturated carbocycles. The third-order valence-corrected chi connectivity index (χ3v) is 4.43. The topological polar surface area (TPSA) is 33.1 Å². The summed E-state index contributed by atoms with van der Waals surface area (Å²) in [4.78, 5) is 6.33. The number of piperazine rings is 1. The van der Waals surface area contributed by atoms with Crippen LogP contribution in [0.3, 0.4) is 0 Å². The van der Waals surface area contributed by atoms with Crippen molar-refractivity contribution in [3.8, 4) is 0 Å². The van der Waals surface area contributed by atoms with E-state index in [0.29, 0.717) is 12.4 Å². The zero-order chi connectivity index (χ0) is 16.2. The highest BCUT2D eigenvalue weighted by atomic mass is 19.3. The maximum Gasteiger partial charge on any atom is 0.319 e. The fraction of sp³-hybridized carbons (Fsp3) is 0.471. The molecule has 1 N–H and O–H groups in total. The van der Waals surface area contributed by atoms with Crippen molar-refractivity contribution in [2.75, 3.05) is 19.6 Å². The van der Waals surface area contributed by atoms with Crippen molar-refractivity contribution < 1.29 is 8.78 Å². The maximum absolute atomic E-state index is 13.0. The van der Waals surface area contributed by atoms with Crippen LogP contribution < -0.4 is 5.32 Å². The molecule has 1 aliphatic rings. The molecular formula is C17H22F2N4. The first-order valence-electron chi connectivity index (χ1n) is 8.02. The first kappa shape index (κ1) is 16.1. The van der Waals surface area contributed by atoms with Gasteiger partial charge in [0.15, 0.2) is 0 Å². The van der Waals surface area contributed by atoms with Gasteiger partial charge in [0.2, 0.25) is 0 Å². The number of nitrogens with zero attached hydrogens (tertiary/aromatic N) is 3. The van der Waals surface area contributed by atoms with Crippen molar-refractivity contribution in [3.63, 3.8) is 0 Å². The van der Waals surface area contributed by atoms with Crippen LogP contribution in [0.15, 0.2) is 36.7 Å². The van der Waals surface area contributed by atoms with Gasteiger partial charge in [0.25, 0.3) is 0 Å². The lowest BCUT2D eigenvalue weighted by molar-refractivity contribution is 0.0605. The van der Waals surface area contributed by atoms with E-state index in [2.05, 4.69) is 46.4 Å². The zero-order valence-corrected chi connectivity index (χ0v) is 13.3. The maximum atomic E-state index is 13.0. The third-order valence-electron chi connectivity index (χ3n) is 4.43. The van der Waals surface area contributed by atoms with Crippen molar-refractivity contribution in [1.82, 2.24) is 19.8 Å². The van der Waals surface area contributed by atoms with Crippen LogP contribution in [0.5, 0.6) is 0 Å². The first-order valence-corrected chi connectivity index (χ1v) is 8.02. The monoisotopic (exact) mass is 320 g/mol. The third kappa shape index (κ3) is 3.59. The molecule has 6 heteroatoms. The number of hydrogen-bond donors (Lipinski definition) is 1. The number of aromatic nitrogens is 2. The highest BCUT2D eigenvalue weighted by Gasteiger charge is 2.25. The van der Waals surface area contributed by atoms with Crippen molar-refractivity contribution in [3.05, 3.63) is 53.6 Å². The molecule has 0 bridgehead atoms. The molecule has 23 heavy (non-hydrogen) atoms. The van der Waals surface area contributed by atoms with Gasteiger partial charge < -0.3 is 5.32 Å². The molecule has 2 heterocycles. The Morgan fingerprint density at radius 2 is 2.09 bits per heavy atom. The van der Waals surface area contributed by atoms with E-state index in [1.165, 1.54) is 23.5 Å². The molecular weight excluding hydrogens is 298 g/mol. The summed E-state index contributed by atoms with van der Waals surface area (Å²) in [6.07, 6.45) is 3.79.